The molecule has 2 rings (SSSR count). The van der Waals surface area contributed by atoms with E-state index < -0.39 is 4.92 Å². The molecule has 90 valence electrons. The summed E-state index contributed by atoms with van der Waals surface area (Å²) in [5.41, 5.74) is 2.20. The van der Waals surface area contributed by atoms with Crippen LogP contribution in [0, 0.1) is 28.4 Å². The first kappa shape index (κ1) is 11.8. The van der Waals surface area contributed by atoms with Gasteiger partial charge < -0.3 is 0 Å². The third-order valence-electron chi connectivity index (χ3n) is 2.58. The number of nitrogens with zero attached hydrogens (tertiary/aromatic N) is 4. The van der Waals surface area contributed by atoms with Gasteiger partial charge in [0.05, 0.1) is 28.8 Å². The van der Waals surface area contributed by atoms with Crippen molar-refractivity contribution < 1.29 is 4.92 Å². The maximum absolute atomic E-state index is 10.7. The second-order valence-corrected chi connectivity index (χ2v) is 3.80. The Morgan fingerprint density at radius 2 is 2.33 bits per heavy atom. The molecule has 0 aliphatic heterocycles. The number of nitro groups is 1. The monoisotopic (exact) mass is 242 g/mol. The summed E-state index contributed by atoms with van der Waals surface area (Å²) >= 11 is 0. The molecular weight excluding hydrogens is 232 g/mol. The van der Waals surface area contributed by atoms with E-state index >= 15 is 0 Å². The first-order chi connectivity index (χ1) is 8.61. The number of benzene rings is 1. The molecule has 6 nitrogen and oxygen atoms in total. The Hall–Kier alpha value is -2.68. The predicted octanol–water partition coefficient (Wildman–Crippen LogP) is 2.16. The molecule has 0 aliphatic rings. The van der Waals surface area contributed by atoms with Crippen LogP contribution in [0.5, 0.6) is 0 Å². The fourth-order valence-electron chi connectivity index (χ4n) is 1.64. The number of hydrogen-bond acceptors (Lipinski definition) is 4. The van der Waals surface area contributed by atoms with Crippen LogP contribution in [0.4, 0.5) is 5.69 Å². The molecule has 0 fully saturated rings. The Labute approximate surface area is 103 Å². The van der Waals surface area contributed by atoms with Crippen LogP contribution in [0.1, 0.15) is 11.3 Å². The zero-order valence-electron chi connectivity index (χ0n) is 9.70. The summed E-state index contributed by atoms with van der Waals surface area (Å²) in [4.78, 5) is 10.2. The Morgan fingerprint density at radius 1 is 1.56 bits per heavy atom. The lowest BCUT2D eigenvalue weighted by Gasteiger charge is -2.00. The van der Waals surface area contributed by atoms with Gasteiger partial charge in [-0.05, 0) is 13.0 Å². The molecule has 18 heavy (non-hydrogen) atoms. The fraction of sp³-hybridized carbons (Fsp3) is 0.167. The number of rotatable bonds is 3. The predicted molar refractivity (Wildman–Crippen MR) is 64.3 cm³/mol. The number of aromatic nitrogens is 2. The molecular formula is C12H10N4O2. The van der Waals surface area contributed by atoms with Crippen molar-refractivity contribution >= 4 is 5.69 Å². The highest BCUT2D eigenvalue weighted by atomic mass is 16.6. The standard InChI is InChI=1S/C12H10N4O2/c1-9-10(5-6-13)8-15(14-9)11-3-2-4-12(7-11)16(17)18/h2-4,7-8H,5H2,1H3. The molecule has 0 saturated carbocycles. The normalized spacial score (nSPS) is 10.0. The lowest BCUT2D eigenvalue weighted by Crippen LogP contribution is -1.96. The minimum atomic E-state index is -0.448. The van der Waals surface area contributed by atoms with E-state index in [9.17, 15) is 10.1 Å². The van der Waals surface area contributed by atoms with E-state index in [0.29, 0.717) is 5.69 Å². The molecule has 0 spiro atoms. The number of nitro benzene ring substituents is 1. The number of non-ortho nitro benzene ring substituents is 1. The molecule has 0 bridgehead atoms. The second kappa shape index (κ2) is 4.67. The van der Waals surface area contributed by atoms with E-state index in [1.807, 2.05) is 0 Å². The molecule has 1 aromatic carbocycles. The molecule has 1 heterocycles. The topological polar surface area (TPSA) is 84.8 Å². The van der Waals surface area contributed by atoms with Gasteiger partial charge >= 0.3 is 0 Å². The molecule has 0 aliphatic carbocycles. The van der Waals surface area contributed by atoms with Gasteiger partial charge in [0.1, 0.15) is 0 Å². The molecule has 6 heteroatoms. The Morgan fingerprint density at radius 3 is 3.00 bits per heavy atom. The van der Waals surface area contributed by atoms with Crippen molar-refractivity contribution in [2.75, 3.05) is 0 Å². The molecule has 0 radical (unpaired) electrons. The van der Waals surface area contributed by atoms with Gasteiger partial charge in [-0.1, -0.05) is 6.07 Å². The van der Waals surface area contributed by atoms with Crippen LogP contribution in [0.2, 0.25) is 0 Å². The van der Waals surface area contributed by atoms with Crippen LogP contribution >= 0.6 is 0 Å². The summed E-state index contributed by atoms with van der Waals surface area (Å²) in [6.07, 6.45) is 2.00. The zero-order chi connectivity index (χ0) is 13.1. The maximum Gasteiger partial charge on any atom is 0.271 e. The quantitative estimate of drug-likeness (QED) is 0.609. The zero-order valence-corrected chi connectivity index (χ0v) is 9.70. The van der Waals surface area contributed by atoms with Crippen LogP contribution in [0.25, 0.3) is 5.69 Å². The van der Waals surface area contributed by atoms with Crippen molar-refractivity contribution in [2.45, 2.75) is 13.3 Å². The summed E-state index contributed by atoms with van der Waals surface area (Å²) in [5, 5.41) is 23.6. The van der Waals surface area contributed by atoms with Gasteiger partial charge in [0.15, 0.2) is 0 Å². The van der Waals surface area contributed by atoms with E-state index in [1.54, 1.807) is 29.9 Å². The minimum absolute atomic E-state index is 0.0162. The highest BCUT2D eigenvalue weighted by molar-refractivity contribution is 5.43. The third-order valence-corrected chi connectivity index (χ3v) is 2.58. The smallest absolute Gasteiger partial charge is 0.258 e. The van der Waals surface area contributed by atoms with Crippen molar-refractivity contribution in [1.29, 1.82) is 5.26 Å². The Kier molecular flexibility index (Phi) is 3.06. The molecule has 2 aromatic rings. The molecule has 1 aromatic heterocycles. The van der Waals surface area contributed by atoms with Gasteiger partial charge in [-0.3, -0.25) is 10.1 Å². The van der Waals surface area contributed by atoms with Crippen LogP contribution in [-0.4, -0.2) is 14.7 Å². The highest BCUT2D eigenvalue weighted by Gasteiger charge is 2.09. The molecule has 0 N–H and O–H groups in total. The SMILES string of the molecule is Cc1nn(-c2cccc([N+](=O)[O-])c2)cc1CC#N. The summed E-state index contributed by atoms with van der Waals surface area (Å²) in [5.74, 6) is 0. The largest absolute Gasteiger partial charge is 0.271 e. The van der Waals surface area contributed by atoms with E-state index in [-0.39, 0.29) is 12.1 Å². The van der Waals surface area contributed by atoms with Crippen molar-refractivity contribution in [3.8, 4) is 11.8 Å². The summed E-state index contributed by atoms with van der Waals surface area (Å²) < 4.78 is 1.55. The number of aryl methyl sites for hydroxylation is 1. The molecule has 0 amide bonds. The van der Waals surface area contributed by atoms with E-state index in [0.717, 1.165) is 11.3 Å². The molecule has 0 atom stereocenters. The van der Waals surface area contributed by atoms with Crippen LogP contribution in [0.15, 0.2) is 30.5 Å². The third kappa shape index (κ3) is 2.20. The Bertz CT molecular complexity index is 640. The van der Waals surface area contributed by atoms with Crippen LogP contribution < -0.4 is 0 Å². The lowest BCUT2D eigenvalue weighted by atomic mass is 10.2. The van der Waals surface area contributed by atoms with Crippen LogP contribution in [-0.2, 0) is 6.42 Å². The average Bonchev–Trinajstić information content (AvgIpc) is 2.72. The van der Waals surface area contributed by atoms with Crippen molar-refractivity contribution in [1.82, 2.24) is 9.78 Å². The van der Waals surface area contributed by atoms with Crippen molar-refractivity contribution in [2.24, 2.45) is 0 Å². The van der Waals surface area contributed by atoms with Gasteiger partial charge in [-0.25, -0.2) is 4.68 Å². The van der Waals surface area contributed by atoms with Gasteiger partial charge in [0.2, 0.25) is 0 Å². The van der Waals surface area contributed by atoms with Crippen molar-refractivity contribution in [3.05, 3.63) is 51.8 Å². The first-order valence-electron chi connectivity index (χ1n) is 5.28. The Balaban J connectivity index is 2.43. The van der Waals surface area contributed by atoms with Gasteiger partial charge in [0.25, 0.3) is 5.69 Å². The van der Waals surface area contributed by atoms with Crippen LogP contribution in [0.3, 0.4) is 0 Å². The minimum Gasteiger partial charge on any atom is -0.258 e. The summed E-state index contributed by atoms with van der Waals surface area (Å²) in [6, 6.07) is 8.27. The lowest BCUT2D eigenvalue weighted by molar-refractivity contribution is -0.384. The van der Waals surface area contributed by atoms with Gasteiger partial charge in [-0.2, -0.15) is 10.4 Å². The second-order valence-electron chi connectivity index (χ2n) is 3.80. The van der Waals surface area contributed by atoms with Gasteiger partial charge in [-0.15, -0.1) is 0 Å². The molecule has 0 saturated heterocycles. The first-order valence-corrected chi connectivity index (χ1v) is 5.28. The van der Waals surface area contributed by atoms with Crippen molar-refractivity contribution in [3.63, 3.8) is 0 Å². The maximum atomic E-state index is 10.7. The van der Waals surface area contributed by atoms with E-state index in [1.165, 1.54) is 12.1 Å². The average molecular weight is 242 g/mol. The van der Waals surface area contributed by atoms with E-state index in [2.05, 4.69) is 11.2 Å². The fourth-order valence-corrected chi connectivity index (χ4v) is 1.64. The number of nitriles is 1. The summed E-state index contributed by atoms with van der Waals surface area (Å²) in [7, 11) is 0. The van der Waals surface area contributed by atoms with Gasteiger partial charge in [0, 0.05) is 23.9 Å². The van der Waals surface area contributed by atoms with E-state index in [4.69, 9.17) is 5.26 Å². The number of hydrogen-bond donors (Lipinski definition) is 0. The summed E-state index contributed by atoms with van der Waals surface area (Å²) in [6.45, 7) is 1.81. The highest BCUT2D eigenvalue weighted by Crippen LogP contribution is 2.17. The molecule has 0 unspecified atom stereocenters.